The first-order valence-corrected chi connectivity index (χ1v) is 15.8. The molecule has 5 aliphatic rings. The van der Waals surface area contributed by atoms with Gasteiger partial charge in [0.1, 0.15) is 35.7 Å². The number of nitrogens with one attached hydrogen (secondary N) is 1. The molecular formula is C34H36F3N5O2. The molecule has 0 amide bonds. The number of benzene rings is 3. The molecule has 0 radical (unpaired) electrons. The fraction of sp³-hybridized carbons (Fsp3) is 0.471. The van der Waals surface area contributed by atoms with Crippen molar-refractivity contribution in [3.63, 3.8) is 0 Å². The third kappa shape index (κ3) is 4.40. The van der Waals surface area contributed by atoms with Gasteiger partial charge in [-0.05, 0) is 84.8 Å². The van der Waals surface area contributed by atoms with E-state index in [0.717, 1.165) is 45.3 Å². The molecule has 4 aromatic rings. The lowest BCUT2D eigenvalue weighted by atomic mass is 9.91. The zero-order valence-electron chi connectivity index (χ0n) is 24.8. The van der Waals surface area contributed by atoms with Gasteiger partial charge in [-0.25, -0.2) is 13.2 Å². The lowest BCUT2D eigenvalue weighted by molar-refractivity contribution is 0.107. The van der Waals surface area contributed by atoms with Crippen molar-refractivity contribution in [2.75, 3.05) is 37.7 Å². The standard InChI is InChI=1S/C34H36F3N5O2/c1-2-24-28(36)9-4-19-12-23(43)13-27(29(19)24)25-7-8-26-31(30(25)37)39-33(40-32(26)42-17-21-5-6-22(42)15-38-21)44-18-34-10-3-11-41(34)16-20(35)14-34/h4,7-9,12-13,20-22,38,43H,2-3,5-6,10-11,14-18H2,1H3/t20-,21+,22+,34+/m1/s1. The average molecular weight is 604 g/mol. The molecule has 0 aliphatic carbocycles. The van der Waals surface area contributed by atoms with Crippen molar-refractivity contribution in [3.8, 4) is 22.9 Å². The first-order valence-electron chi connectivity index (χ1n) is 15.8. The van der Waals surface area contributed by atoms with E-state index >= 15 is 4.39 Å². The van der Waals surface area contributed by atoms with Gasteiger partial charge < -0.3 is 20.1 Å². The summed E-state index contributed by atoms with van der Waals surface area (Å²) in [4.78, 5) is 13.9. The number of fused-ring (bicyclic) bond motifs is 6. The second-order valence-electron chi connectivity index (χ2n) is 13.0. The number of piperazine rings is 1. The van der Waals surface area contributed by atoms with E-state index in [1.807, 2.05) is 13.0 Å². The zero-order chi connectivity index (χ0) is 30.2. The van der Waals surface area contributed by atoms with Crippen LogP contribution >= 0.6 is 0 Å². The number of piperidine rings is 2. The Morgan fingerprint density at radius 1 is 1.09 bits per heavy atom. The van der Waals surface area contributed by atoms with Gasteiger partial charge in [0.2, 0.25) is 0 Å². The first-order chi connectivity index (χ1) is 21.3. The molecule has 3 aromatic carbocycles. The number of phenols is 1. The molecule has 4 atom stereocenters. The highest BCUT2D eigenvalue weighted by atomic mass is 19.1. The van der Waals surface area contributed by atoms with Crippen LogP contribution in [0, 0.1) is 11.6 Å². The van der Waals surface area contributed by atoms with Crippen LogP contribution in [0.1, 0.15) is 44.6 Å². The topological polar surface area (TPSA) is 73.8 Å². The SMILES string of the molecule is CCc1c(F)ccc2cc(O)cc(-c3ccc4c(N5C[C@@H]6CC[C@H]5CN6)nc(OC[C@@]56CCCN5C[C@H](F)C6)nc4c3F)c12. The molecule has 7 nitrogen and oxygen atoms in total. The molecule has 6 heterocycles. The van der Waals surface area contributed by atoms with Crippen LogP contribution in [0.2, 0.25) is 0 Å². The quantitative estimate of drug-likeness (QED) is 0.285. The number of nitrogens with zero attached hydrogens (tertiary/aromatic N) is 4. The van der Waals surface area contributed by atoms with Crippen molar-refractivity contribution < 1.29 is 23.0 Å². The number of ether oxygens (including phenoxy) is 1. The number of aryl methyl sites for hydroxylation is 1. The second kappa shape index (κ2) is 10.5. The van der Waals surface area contributed by atoms with Crippen molar-refractivity contribution in [3.05, 3.63) is 53.6 Å². The highest BCUT2D eigenvalue weighted by Gasteiger charge is 2.49. The van der Waals surface area contributed by atoms with E-state index in [0.29, 0.717) is 58.5 Å². The molecule has 230 valence electrons. The summed E-state index contributed by atoms with van der Waals surface area (Å²) in [5.74, 6) is -0.360. The smallest absolute Gasteiger partial charge is 0.319 e. The summed E-state index contributed by atoms with van der Waals surface area (Å²) in [6, 6.07) is 10.2. The molecule has 5 saturated heterocycles. The van der Waals surface area contributed by atoms with Gasteiger partial charge in [-0.2, -0.15) is 9.97 Å². The summed E-state index contributed by atoms with van der Waals surface area (Å²) in [6.45, 7) is 4.92. The Bertz CT molecular complexity index is 1780. The van der Waals surface area contributed by atoms with Gasteiger partial charge in [0.05, 0.1) is 5.54 Å². The molecule has 44 heavy (non-hydrogen) atoms. The molecular weight excluding hydrogens is 567 g/mol. The third-order valence-corrected chi connectivity index (χ3v) is 10.4. The average Bonchev–Trinajstić information content (AvgIpc) is 3.56. The van der Waals surface area contributed by atoms with Gasteiger partial charge in [-0.3, -0.25) is 4.90 Å². The molecule has 2 bridgehead atoms. The Hall–Kier alpha value is -3.63. The lowest BCUT2D eigenvalue weighted by Crippen LogP contribution is -2.61. The second-order valence-corrected chi connectivity index (χ2v) is 13.0. The van der Waals surface area contributed by atoms with Gasteiger partial charge in [0.25, 0.3) is 0 Å². The largest absolute Gasteiger partial charge is 0.508 e. The number of hydrogen-bond acceptors (Lipinski definition) is 7. The minimum atomic E-state index is -0.890. The summed E-state index contributed by atoms with van der Waals surface area (Å²) in [5.41, 5.74) is 0.795. The molecule has 10 heteroatoms. The Labute approximate surface area is 254 Å². The van der Waals surface area contributed by atoms with Gasteiger partial charge in [-0.1, -0.05) is 19.1 Å². The van der Waals surface area contributed by atoms with E-state index in [-0.39, 0.29) is 41.3 Å². The molecule has 0 unspecified atom stereocenters. The van der Waals surface area contributed by atoms with Crippen molar-refractivity contribution in [2.24, 2.45) is 0 Å². The summed E-state index contributed by atoms with van der Waals surface area (Å²) in [7, 11) is 0. The minimum Gasteiger partial charge on any atom is -0.508 e. The van der Waals surface area contributed by atoms with Crippen LogP contribution in [-0.4, -0.2) is 76.6 Å². The van der Waals surface area contributed by atoms with Crippen molar-refractivity contribution >= 4 is 27.5 Å². The number of halogens is 3. The molecule has 2 N–H and O–H groups in total. The first kappa shape index (κ1) is 27.9. The number of alkyl halides is 1. The third-order valence-electron chi connectivity index (χ3n) is 10.4. The highest BCUT2D eigenvalue weighted by Crippen LogP contribution is 2.43. The van der Waals surface area contributed by atoms with Crippen molar-refractivity contribution in [1.29, 1.82) is 0 Å². The summed E-state index contributed by atoms with van der Waals surface area (Å²) >= 11 is 0. The maximum Gasteiger partial charge on any atom is 0.319 e. The zero-order valence-corrected chi connectivity index (χ0v) is 24.8. The van der Waals surface area contributed by atoms with Crippen LogP contribution in [0.15, 0.2) is 36.4 Å². The van der Waals surface area contributed by atoms with Gasteiger partial charge in [0, 0.05) is 49.1 Å². The van der Waals surface area contributed by atoms with Gasteiger partial charge in [-0.15, -0.1) is 0 Å². The number of phenolic OH excluding ortho intramolecular Hbond substituents is 1. The highest BCUT2D eigenvalue weighted by molar-refractivity contribution is 6.03. The Morgan fingerprint density at radius 2 is 1.98 bits per heavy atom. The molecule has 0 saturated carbocycles. The fourth-order valence-corrected chi connectivity index (χ4v) is 8.29. The number of aromatic nitrogens is 2. The van der Waals surface area contributed by atoms with E-state index < -0.39 is 17.5 Å². The van der Waals surface area contributed by atoms with Crippen LogP contribution in [0.4, 0.5) is 19.0 Å². The predicted octanol–water partition coefficient (Wildman–Crippen LogP) is 5.89. The minimum absolute atomic E-state index is 0.0343. The normalized spacial score (nSPS) is 26.6. The van der Waals surface area contributed by atoms with Crippen LogP contribution in [0.25, 0.3) is 32.8 Å². The number of anilines is 1. The summed E-state index contributed by atoms with van der Waals surface area (Å²) in [5, 5.41) is 15.9. The molecule has 5 fully saturated rings. The van der Waals surface area contributed by atoms with Crippen LogP contribution in [-0.2, 0) is 6.42 Å². The van der Waals surface area contributed by atoms with Gasteiger partial charge in [0.15, 0.2) is 5.82 Å². The molecule has 0 spiro atoms. The van der Waals surface area contributed by atoms with Gasteiger partial charge >= 0.3 is 6.01 Å². The maximum absolute atomic E-state index is 16.9. The lowest BCUT2D eigenvalue weighted by Gasteiger charge is -2.46. The van der Waals surface area contributed by atoms with Crippen LogP contribution in [0.5, 0.6) is 11.8 Å². The fourth-order valence-electron chi connectivity index (χ4n) is 8.29. The molecule has 9 rings (SSSR count). The van der Waals surface area contributed by atoms with E-state index in [2.05, 4.69) is 20.1 Å². The predicted molar refractivity (Wildman–Crippen MR) is 164 cm³/mol. The molecule has 5 aliphatic heterocycles. The Morgan fingerprint density at radius 3 is 2.75 bits per heavy atom. The summed E-state index contributed by atoms with van der Waals surface area (Å²) < 4.78 is 52.6. The molecule has 1 aromatic heterocycles. The van der Waals surface area contributed by atoms with E-state index in [9.17, 15) is 13.9 Å². The number of hydrogen-bond donors (Lipinski definition) is 2. The van der Waals surface area contributed by atoms with Crippen molar-refractivity contribution in [2.45, 2.75) is 69.2 Å². The van der Waals surface area contributed by atoms with Crippen LogP contribution < -0.4 is 15.0 Å². The van der Waals surface area contributed by atoms with Crippen LogP contribution in [0.3, 0.4) is 0 Å². The Kier molecular flexibility index (Phi) is 6.64. The maximum atomic E-state index is 16.9. The Balaban J connectivity index is 1.28. The van der Waals surface area contributed by atoms with E-state index in [1.165, 1.54) is 12.1 Å². The summed E-state index contributed by atoms with van der Waals surface area (Å²) in [6.07, 6.45) is 3.85. The monoisotopic (exact) mass is 603 g/mol. The number of rotatable bonds is 6. The van der Waals surface area contributed by atoms with E-state index in [4.69, 9.17) is 9.72 Å². The van der Waals surface area contributed by atoms with Crippen molar-refractivity contribution in [1.82, 2.24) is 20.2 Å². The number of aromatic hydroxyl groups is 1. The van der Waals surface area contributed by atoms with E-state index in [1.54, 1.807) is 18.2 Å².